The summed E-state index contributed by atoms with van der Waals surface area (Å²) in [5.74, 6) is 1.52. The van der Waals surface area contributed by atoms with Gasteiger partial charge in [0.25, 0.3) is 0 Å². The molecule has 0 aliphatic heterocycles. The lowest BCUT2D eigenvalue weighted by Crippen LogP contribution is -2.31. The van der Waals surface area contributed by atoms with Crippen molar-refractivity contribution in [1.82, 2.24) is 5.32 Å². The largest absolute Gasteiger partial charge is 0.497 e. The molecule has 2 N–H and O–H groups in total. The number of hydrogen-bond donors (Lipinski definition) is 2. The zero-order chi connectivity index (χ0) is 17.7. The molecular weight excluding hydrogens is 412 g/mol. The lowest BCUT2D eigenvalue weighted by molar-refractivity contribution is 0.395. The van der Waals surface area contributed by atoms with Crippen LogP contribution in [-0.4, -0.2) is 19.3 Å². The van der Waals surface area contributed by atoms with Gasteiger partial charge in [-0.05, 0) is 55.5 Å². The van der Waals surface area contributed by atoms with Crippen LogP contribution in [0.25, 0.3) is 0 Å². The van der Waals surface area contributed by atoms with Crippen LogP contribution in [0.1, 0.15) is 18.5 Å². The molecule has 128 valence electrons. The lowest BCUT2D eigenvalue weighted by Gasteiger charge is -2.20. The first-order valence-corrected chi connectivity index (χ1v) is 8.77. The highest BCUT2D eigenvalue weighted by molar-refractivity contribution is 9.10. The van der Waals surface area contributed by atoms with Gasteiger partial charge >= 0.3 is 0 Å². The number of ether oxygens (including phenoxy) is 2. The maximum Gasteiger partial charge on any atom is 0.171 e. The van der Waals surface area contributed by atoms with Crippen molar-refractivity contribution in [2.24, 2.45) is 0 Å². The van der Waals surface area contributed by atoms with E-state index in [9.17, 15) is 0 Å². The Balaban J connectivity index is 2.11. The zero-order valence-electron chi connectivity index (χ0n) is 13.5. The van der Waals surface area contributed by atoms with Gasteiger partial charge in [0.05, 0.1) is 31.0 Å². The maximum atomic E-state index is 6.20. The summed E-state index contributed by atoms with van der Waals surface area (Å²) in [7, 11) is 3.27. The Morgan fingerprint density at radius 2 is 1.92 bits per heavy atom. The van der Waals surface area contributed by atoms with Gasteiger partial charge in [0, 0.05) is 10.0 Å². The average Bonchev–Trinajstić information content (AvgIpc) is 2.56. The number of halogens is 2. The number of rotatable bonds is 5. The topological polar surface area (TPSA) is 42.5 Å². The van der Waals surface area contributed by atoms with E-state index in [4.69, 9.17) is 33.3 Å². The molecule has 0 heterocycles. The van der Waals surface area contributed by atoms with E-state index in [0.717, 1.165) is 27.2 Å². The highest BCUT2D eigenvalue weighted by Crippen LogP contribution is 2.30. The van der Waals surface area contributed by atoms with Crippen LogP contribution in [0.15, 0.2) is 40.9 Å². The van der Waals surface area contributed by atoms with Crippen molar-refractivity contribution in [1.29, 1.82) is 0 Å². The lowest BCUT2D eigenvalue weighted by atomic mass is 10.1. The second kappa shape index (κ2) is 8.55. The highest BCUT2D eigenvalue weighted by Gasteiger charge is 2.14. The molecule has 0 bridgehead atoms. The van der Waals surface area contributed by atoms with Gasteiger partial charge in [0.1, 0.15) is 11.5 Å². The predicted molar refractivity (Wildman–Crippen MR) is 106 cm³/mol. The molecule has 0 radical (unpaired) electrons. The third kappa shape index (κ3) is 4.75. The molecule has 2 rings (SSSR count). The minimum atomic E-state index is -0.0794. The van der Waals surface area contributed by atoms with Crippen molar-refractivity contribution in [3.8, 4) is 11.5 Å². The second-order valence-electron chi connectivity index (χ2n) is 5.05. The van der Waals surface area contributed by atoms with Crippen LogP contribution in [-0.2, 0) is 0 Å². The first kappa shape index (κ1) is 18.8. The number of anilines is 1. The Bertz CT molecular complexity index is 743. The van der Waals surface area contributed by atoms with Gasteiger partial charge in [-0.1, -0.05) is 27.5 Å². The molecule has 0 saturated carbocycles. The van der Waals surface area contributed by atoms with Crippen LogP contribution in [0, 0.1) is 0 Å². The van der Waals surface area contributed by atoms with Crippen molar-refractivity contribution >= 4 is 50.5 Å². The maximum absolute atomic E-state index is 6.20. The minimum Gasteiger partial charge on any atom is -0.497 e. The van der Waals surface area contributed by atoms with Gasteiger partial charge in [-0.15, -0.1) is 0 Å². The molecule has 0 amide bonds. The molecule has 24 heavy (non-hydrogen) atoms. The monoisotopic (exact) mass is 428 g/mol. The number of hydrogen-bond acceptors (Lipinski definition) is 3. The highest BCUT2D eigenvalue weighted by atomic mass is 79.9. The fourth-order valence-corrected chi connectivity index (χ4v) is 3.21. The fraction of sp³-hybridized carbons (Fsp3) is 0.235. The molecule has 4 nitrogen and oxygen atoms in total. The Labute approximate surface area is 160 Å². The van der Waals surface area contributed by atoms with Crippen molar-refractivity contribution in [3.63, 3.8) is 0 Å². The van der Waals surface area contributed by atoms with E-state index in [-0.39, 0.29) is 6.04 Å². The molecular formula is C17H18BrClN2O2S. The van der Waals surface area contributed by atoms with E-state index in [1.165, 1.54) is 0 Å². The van der Waals surface area contributed by atoms with Gasteiger partial charge < -0.3 is 20.1 Å². The molecule has 7 heteroatoms. The molecule has 0 spiro atoms. The van der Waals surface area contributed by atoms with Gasteiger partial charge in [-0.25, -0.2) is 0 Å². The van der Waals surface area contributed by atoms with Crippen molar-refractivity contribution in [2.45, 2.75) is 13.0 Å². The first-order chi connectivity index (χ1) is 11.4. The predicted octanol–water partition coefficient (Wildman–Crippen LogP) is 5.17. The van der Waals surface area contributed by atoms with E-state index in [1.807, 2.05) is 37.3 Å². The van der Waals surface area contributed by atoms with Gasteiger partial charge in [-0.3, -0.25) is 0 Å². The molecule has 0 saturated heterocycles. The quantitative estimate of drug-likeness (QED) is 0.642. The molecule has 0 fully saturated rings. The van der Waals surface area contributed by atoms with E-state index in [1.54, 1.807) is 20.3 Å². The number of thiocarbonyl (C=S) groups is 1. The number of nitrogens with one attached hydrogen (secondary N) is 2. The summed E-state index contributed by atoms with van der Waals surface area (Å²) >= 11 is 15.0. The Hall–Kier alpha value is -1.50. The SMILES string of the molecule is COc1ccc(OC)c([C@H](C)NC(=S)Nc2ccc(Br)cc2Cl)c1. The summed E-state index contributed by atoms with van der Waals surface area (Å²) in [6.45, 7) is 1.99. The standard InChI is InChI=1S/C17H18BrClN2O2S/c1-10(13-9-12(22-2)5-7-16(13)23-3)20-17(24)21-15-6-4-11(18)8-14(15)19/h4-10H,1-3H3,(H2,20,21,24)/t10-/m0/s1. The molecule has 2 aromatic rings. The fourth-order valence-electron chi connectivity index (χ4n) is 2.20. The van der Waals surface area contributed by atoms with Crippen molar-refractivity contribution < 1.29 is 9.47 Å². The summed E-state index contributed by atoms with van der Waals surface area (Å²) in [5, 5.41) is 7.38. The Kier molecular flexibility index (Phi) is 6.71. The van der Waals surface area contributed by atoms with E-state index < -0.39 is 0 Å². The second-order valence-corrected chi connectivity index (χ2v) is 6.78. The summed E-state index contributed by atoms with van der Waals surface area (Å²) in [4.78, 5) is 0. The van der Waals surface area contributed by atoms with Crippen LogP contribution >= 0.6 is 39.7 Å². The third-order valence-corrected chi connectivity index (χ3v) is 4.46. The van der Waals surface area contributed by atoms with Crippen molar-refractivity contribution in [3.05, 3.63) is 51.5 Å². The number of methoxy groups -OCH3 is 2. The molecule has 0 aromatic heterocycles. The van der Waals surface area contributed by atoms with Crippen LogP contribution in [0.2, 0.25) is 5.02 Å². The van der Waals surface area contributed by atoms with E-state index in [2.05, 4.69) is 26.6 Å². The summed E-state index contributed by atoms with van der Waals surface area (Å²) in [6, 6.07) is 11.1. The Morgan fingerprint density at radius 3 is 2.54 bits per heavy atom. The van der Waals surface area contributed by atoms with Crippen molar-refractivity contribution in [2.75, 3.05) is 19.5 Å². The van der Waals surface area contributed by atoms with Crippen LogP contribution in [0.5, 0.6) is 11.5 Å². The molecule has 2 aromatic carbocycles. The van der Waals surface area contributed by atoms with Gasteiger partial charge in [-0.2, -0.15) is 0 Å². The normalized spacial score (nSPS) is 11.5. The minimum absolute atomic E-state index is 0.0794. The summed E-state index contributed by atoms with van der Waals surface area (Å²) in [6.07, 6.45) is 0. The molecule has 0 unspecified atom stereocenters. The Morgan fingerprint density at radius 1 is 1.17 bits per heavy atom. The molecule has 0 aliphatic carbocycles. The third-order valence-electron chi connectivity index (χ3n) is 3.43. The first-order valence-electron chi connectivity index (χ1n) is 7.19. The van der Waals surface area contributed by atoms with E-state index >= 15 is 0 Å². The average molecular weight is 430 g/mol. The van der Waals surface area contributed by atoms with Gasteiger partial charge in [0.15, 0.2) is 5.11 Å². The number of benzene rings is 2. The van der Waals surface area contributed by atoms with E-state index in [0.29, 0.717) is 10.1 Å². The van der Waals surface area contributed by atoms with Crippen LogP contribution in [0.3, 0.4) is 0 Å². The summed E-state index contributed by atoms with van der Waals surface area (Å²) in [5.41, 5.74) is 1.69. The smallest absolute Gasteiger partial charge is 0.171 e. The molecule has 1 atom stereocenters. The van der Waals surface area contributed by atoms with Gasteiger partial charge in [0.2, 0.25) is 0 Å². The zero-order valence-corrected chi connectivity index (χ0v) is 16.7. The molecule has 0 aliphatic rings. The van der Waals surface area contributed by atoms with Crippen LogP contribution < -0.4 is 20.1 Å². The van der Waals surface area contributed by atoms with Crippen LogP contribution in [0.4, 0.5) is 5.69 Å². The summed E-state index contributed by atoms with van der Waals surface area (Å²) < 4.78 is 11.6.